The second-order valence-corrected chi connectivity index (χ2v) is 6.76. The van der Waals surface area contributed by atoms with Gasteiger partial charge in [0.1, 0.15) is 17.7 Å². The summed E-state index contributed by atoms with van der Waals surface area (Å²) in [6.07, 6.45) is -0.103. The molecule has 1 aliphatic rings. The number of likely N-dealkylation sites (N-methyl/N-ethyl adjacent to an activating group) is 1. The zero-order valence-electron chi connectivity index (χ0n) is 15.2. The molecular formula is C20H19F2N3O2S. The van der Waals surface area contributed by atoms with Gasteiger partial charge in [-0.2, -0.15) is 0 Å². The number of carbonyl (C=O) groups is 2. The van der Waals surface area contributed by atoms with Gasteiger partial charge in [0.25, 0.3) is 5.91 Å². The second kappa shape index (κ2) is 8.43. The van der Waals surface area contributed by atoms with Gasteiger partial charge in [-0.05, 0) is 61.1 Å². The number of carbonyl (C=O) groups excluding carboxylic acids is 2. The molecule has 8 heteroatoms. The summed E-state index contributed by atoms with van der Waals surface area (Å²) in [5.41, 5.74) is 1.22. The second-order valence-electron chi connectivity index (χ2n) is 6.39. The molecule has 1 atom stereocenters. The van der Waals surface area contributed by atoms with Crippen molar-refractivity contribution in [1.29, 1.82) is 0 Å². The Kier molecular flexibility index (Phi) is 5.99. The van der Waals surface area contributed by atoms with Crippen molar-refractivity contribution in [3.63, 3.8) is 0 Å². The minimum absolute atomic E-state index is 0.103. The lowest BCUT2D eigenvalue weighted by Gasteiger charge is -2.24. The van der Waals surface area contributed by atoms with Crippen molar-refractivity contribution in [2.24, 2.45) is 0 Å². The average Bonchev–Trinajstić information content (AvgIpc) is 2.89. The number of nitrogens with one attached hydrogen (secondary N) is 1. The Balaban J connectivity index is 1.75. The zero-order valence-corrected chi connectivity index (χ0v) is 16.0. The number of hydrogen-bond acceptors (Lipinski definition) is 3. The summed E-state index contributed by atoms with van der Waals surface area (Å²) >= 11 is 5.42. The van der Waals surface area contributed by atoms with Crippen molar-refractivity contribution in [3.8, 4) is 0 Å². The maximum atomic E-state index is 13.2. The van der Waals surface area contributed by atoms with Crippen molar-refractivity contribution in [3.05, 3.63) is 65.7 Å². The Bertz CT molecular complexity index is 887. The first kappa shape index (κ1) is 19.9. The minimum Gasteiger partial charge on any atom is -0.332 e. The molecule has 1 N–H and O–H groups in total. The Hall–Kier alpha value is -2.87. The molecule has 0 radical (unpaired) electrons. The Labute approximate surface area is 166 Å². The van der Waals surface area contributed by atoms with E-state index in [1.807, 2.05) is 0 Å². The molecule has 1 fully saturated rings. The van der Waals surface area contributed by atoms with E-state index < -0.39 is 11.9 Å². The predicted molar refractivity (Wildman–Crippen MR) is 105 cm³/mol. The number of halogens is 2. The third-order valence-electron chi connectivity index (χ3n) is 4.49. The first-order valence-corrected chi connectivity index (χ1v) is 9.21. The molecule has 0 aromatic heterocycles. The van der Waals surface area contributed by atoms with Crippen LogP contribution in [0.2, 0.25) is 0 Å². The van der Waals surface area contributed by atoms with Crippen LogP contribution in [0.1, 0.15) is 18.9 Å². The molecule has 0 aliphatic carbocycles. The third-order valence-corrected chi connectivity index (χ3v) is 4.95. The van der Waals surface area contributed by atoms with Crippen LogP contribution in [0.3, 0.4) is 0 Å². The van der Waals surface area contributed by atoms with E-state index in [9.17, 15) is 18.4 Å². The van der Waals surface area contributed by atoms with Crippen molar-refractivity contribution in [1.82, 2.24) is 9.80 Å². The first-order valence-electron chi connectivity index (χ1n) is 8.81. The molecule has 1 saturated heterocycles. The van der Waals surface area contributed by atoms with E-state index in [1.165, 1.54) is 41.3 Å². The summed E-state index contributed by atoms with van der Waals surface area (Å²) in [5, 5.41) is 3.00. The molecule has 146 valence electrons. The molecule has 3 rings (SSSR count). The number of thiocarbonyl (C=S) groups is 1. The largest absolute Gasteiger partial charge is 0.332 e. The van der Waals surface area contributed by atoms with Crippen LogP contribution in [0.15, 0.2) is 48.5 Å². The van der Waals surface area contributed by atoms with E-state index in [-0.39, 0.29) is 30.6 Å². The minimum atomic E-state index is -0.752. The number of amides is 2. The van der Waals surface area contributed by atoms with Gasteiger partial charge in [-0.25, -0.2) is 8.78 Å². The van der Waals surface area contributed by atoms with Crippen LogP contribution in [-0.2, 0) is 16.1 Å². The van der Waals surface area contributed by atoms with E-state index in [1.54, 1.807) is 24.0 Å². The van der Waals surface area contributed by atoms with Crippen LogP contribution >= 0.6 is 12.2 Å². The molecule has 2 aromatic rings. The maximum absolute atomic E-state index is 13.2. The van der Waals surface area contributed by atoms with E-state index in [0.717, 1.165) is 5.56 Å². The van der Waals surface area contributed by atoms with Gasteiger partial charge in [-0.15, -0.1) is 0 Å². The summed E-state index contributed by atoms with van der Waals surface area (Å²) in [4.78, 5) is 28.3. The maximum Gasteiger partial charge on any atom is 0.252 e. The standard InChI is InChI=1S/C20H19F2N3O2S/c1-2-24-19(27)17(11-18(26)23-16-9-7-15(22)8-10-16)25(20(24)28)12-13-3-5-14(21)6-4-13/h3-10,17H,2,11-12H2,1H3,(H,23,26)/t17-/m1/s1. The van der Waals surface area contributed by atoms with Crippen LogP contribution in [0, 0.1) is 11.6 Å². The summed E-state index contributed by atoms with van der Waals surface area (Å²) in [5.74, 6) is -1.38. The fourth-order valence-electron chi connectivity index (χ4n) is 3.07. The fourth-order valence-corrected chi connectivity index (χ4v) is 3.48. The lowest BCUT2D eigenvalue weighted by molar-refractivity contribution is -0.130. The fraction of sp³-hybridized carbons (Fsp3) is 0.250. The zero-order chi connectivity index (χ0) is 20.3. The highest BCUT2D eigenvalue weighted by molar-refractivity contribution is 7.80. The van der Waals surface area contributed by atoms with E-state index in [4.69, 9.17) is 12.2 Å². The molecule has 5 nitrogen and oxygen atoms in total. The van der Waals surface area contributed by atoms with Crippen LogP contribution < -0.4 is 5.32 Å². The van der Waals surface area contributed by atoms with Gasteiger partial charge in [0, 0.05) is 18.8 Å². The van der Waals surface area contributed by atoms with Crippen molar-refractivity contribution in [2.75, 3.05) is 11.9 Å². The van der Waals surface area contributed by atoms with Crippen molar-refractivity contribution >= 4 is 34.8 Å². The number of hydrogen-bond donors (Lipinski definition) is 1. The summed E-state index contributed by atoms with van der Waals surface area (Å²) < 4.78 is 26.2. The number of benzene rings is 2. The highest BCUT2D eigenvalue weighted by Gasteiger charge is 2.42. The van der Waals surface area contributed by atoms with Crippen molar-refractivity contribution in [2.45, 2.75) is 25.9 Å². The van der Waals surface area contributed by atoms with Crippen LogP contribution in [-0.4, -0.2) is 39.3 Å². The van der Waals surface area contributed by atoms with Crippen LogP contribution in [0.5, 0.6) is 0 Å². The Morgan fingerprint density at radius 3 is 2.21 bits per heavy atom. The molecule has 0 bridgehead atoms. The SMILES string of the molecule is CCN1C(=O)[C@@H](CC(=O)Nc2ccc(F)cc2)N(Cc2ccc(F)cc2)C1=S. The van der Waals surface area contributed by atoms with Gasteiger partial charge in [0.2, 0.25) is 5.91 Å². The number of nitrogens with zero attached hydrogens (tertiary/aromatic N) is 2. The molecule has 0 unspecified atom stereocenters. The van der Waals surface area contributed by atoms with E-state index in [0.29, 0.717) is 17.3 Å². The molecule has 1 heterocycles. The Morgan fingerprint density at radius 1 is 1.07 bits per heavy atom. The van der Waals surface area contributed by atoms with Crippen molar-refractivity contribution < 1.29 is 18.4 Å². The summed E-state index contributed by atoms with van der Waals surface area (Å²) in [7, 11) is 0. The highest BCUT2D eigenvalue weighted by Crippen LogP contribution is 2.24. The molecular weight excluding hydrogens is 384 g/mol. The molecule has 2 amide bonds. The topological polar surface area (TPSA) is 52.7 Å². The lowest BCUT2D eigenvalue weighted by Crippen LogP contribution is -2.37. The predicted octanol–water partition coefficient (Wildman–Crippen LogP) is 3.31. The quantitative estimate of drug-likeness (QED) is 0.752. The van der Waals surface area contributed by atoms with E-state index in [2.05, 4.69) is 5.32 Å². The molecule has 0 spiro atoms. The number of anilines is 1. The number of rotatable bonds is 6. The highest BCUT2D eigenvalue weighted by atomic mass is 32.1. The van der Waals surface area contributed by atoms with Crippen LogP contribution in [0.25, 0.3) is 0 Å². The van der Waals surface area contributed by atoms with Gasteiger partial charge in [-0.3, -0.25) is 14.5 Å². The van der Waals surface area contributed by atoms with E-state index >= 15 is 0 Å². The van der Waals surface area contributed by atoms with Gasteiger partial charge in [0.05, 0.1) is 6.42 Å². The monoisotopic (exact) mass is 403 g/mol. The molecule has 1 aliphatic heterocycles. The first-order chi connectivity index (χ1) is 13.4. The lowest BCUT2D eigenvalue weighted by atomic mass is 10.1. The van der Waals surface area contributed by atoms with Crippen LogP contribution in [0.4, 0.5) is 14.5 Å². The average molecular weight is 403 g/mol. The normalized spacial score (nSPS) is 16.6. The van der Waals surface area contributed by atoms with Gasteiger partial charge < -0.3 is 10.2 Å². The summed E-state index contributed by atoms with van der Waals surface area (Å²) in [6.45, 7) is 2.49. The van der Waals surface area contributed by atoms with Gasteiger partial charge >= 0.3 is 0 Å². The molecule has 2 aromatic carbocycles. The Morgan fingerprint density at radius 2 is 1.64 bits per heavy atom. The van der Waals surface area contributed by atoms with Gasteiger partial charge in [-0.1, -0.05) is 12.1 Å². The third kappa shape index (κ3) is 4.33. The molecule has 0 saturated carbocycles. The molecule has 28 heavy (non-hydrogen) atoms. The summed E-state index contributed by atoms with van der Waals surface area (Å²) in [6, 6.07) is 10.5. The van der Waals surface area contributed by atoms with Gasteiger partial charge in [0.15, 0.2) is 5.11 Å². The smallest absolute Gasteiger partial charge is 0.252 e.